The van der Waals surface area contributed by atoms with E-state index in [1.54, 1.807) is 24.3 Å². The van der Waals surface area contributed by atoms with Crippen molar-refractivity contribution in [2.24, 2.45) is 0 Å². The number of rotatable bonds is 4. The molecule has 1 fully saturated rings. The minimum Gasteiger partial charge on any atom is -0.455 e. The number of sulfone groups is 1. The second-order valence-electron chi connectivity index (χ2n) is 6.14. The van der Waals surface area contributed by atoms with E-state index < -0.39 is 28.0 Å². The Kier molecular flexibility index (Phi) is 5.01. The molecule has 2 unspecified atom stereocenters. The smallest absolute Gasteiger partial charge is 0.338 e. The van der Waals surface area contributed by atoms with Crippen molar-refractivity contribution in [3.05, 3.63) is 64.7 Å². The predicted molar refractivity (Wildman–Crippen MR) is 97.9 cm³/mol. The SMILES string of the molecule is Cc1ccc(NC2CS(=O)(=O)CC2OC(=O)c2ccc(Cl)cc2)cc1. The Balaban J connectivity index is 1.74. The van der Waals surface area contributed by atoms with Crippen molar-refractivity contribution in [3.63, 3.8) is 0 Å². The Morgan fingerprint density at radius 2 is 1.72 bits per heavy atom. The van der Waals surface area contributed by atoms with E-state index in [0.717, 1.165) is 11.3 Å². The molecule has 0 amide bonds. The van der Waals surface area contributed by atoms with Gasteiger partial charge in [-0.2, -0.15) is 0 Å². The van der Waals surface area contributed by atoms with Crippen LogP contribution in [0, 0.1) is 6.92 Å². The number of halogens is 1. The van der Waals surface area contributed by atoms with Gasteiger partial charge < -0.3 is 10.1 Å². The monoisotopic (exact) mass is 379 g/mol. The van der Waals surface area contributed by atoms with Crippen LogP contribution in [0.5, 0.6) is 0 Å². The van der Waals surface area contributed by atoms with Gasteiger partial charge in [0.15, 0.2) is 9.84 Å². The number of hydrogen-bond acceptors (Lipinski definition) is 5. The van der Waals surface area contributed by atoms with Crippen LogP contribution in [0.1, 0.15) is 15.9 Å². The zero-order valence-electron chi connectivity index (χ0n) is 13.6. The standard InChI is InChI=1S/C18H18ClNO4S/c1-12-2-8-15(9-3-12)20-16-10-25(22,23)11-17(16)24-18(21)13-4-6-14(19)7-5-13/h2-9,16-17,20H,10-11H2,1H3. The summed E-state index contributed by atoms with van der Waals surface area (Å²) in [5, 5.41) is 3.68. The lowest BCUT2D eigenvalue weighted by Gasteiger charge is -2.21. The van der Waals surface area contributed by atoms with Crippen LogP contribution in [0.3, 0.4) is 0 Å². The summed E-state index contributed by atoms with van der Waals surface area (Å²) in [7, 11) is -3.27. The third kappa shape index (κ3) is 4.52. The van der Waals surface area contributed by atoms with E-state index >= 15 is 0 Å². The first kappa shape index (κ1) is 17.8. The molecule has 1 saturated heterocycles. The molecular weight excluding hydrogens is 362 g/mol. The van der Waals surface area contributed by atoms with Crippen molar-refractivity contribution in [3.8, 4) is 0 Å². The lowest BCUT2D eigenvalue weighted by Crippen LogP contribution is -2.35. The highest BCUT2D eigenvalue weighted by molar-refractivity contribution is 7.91. The molecule has 1 heterocycles. The van der Waals surface area contributed by atoms with Gasteiger partial charge in [-0.25, -0.2) is 13.2 Å². The summed E-state index contributed by atoms with van der Waals surface area (Å²) in [6, 6.07) is 13.4. The number of carbonyl (C=O) groups excluding carboxylic acids is 1. The Morgan fingerprint density at radius 1 is 1.08 bits per heavy atom. The van der Waals surface area contributed by atoms with Crippen LogP contribution in [-0.4, -0.2) is 38.0 Å². The minimum atomic E-state index is -3.27. The van der Waals surface area contributed by atoms with Gasteiger partial charge in [-0.3, -0.25) is 0 Å². The van der Waals surface area contributed by atoms with Crippen LogP contribution >= 0.6 is 11.6 Å². The van der Waals surface area contributed by atoms with Gasteiger partial charge in [-0.1, -0.05) is 29.3 Å². The van der Waals surface area contributed by atoms with Crippen LogP contribution in [0.2, 0.25) is 5.02 Å². The van der Waals surface area contributed by atoms with E-state index in [9.17, 15) is 13.2 Å². The predicted octanol–water partition coefficient (Wildman–Crippen LogP) is 3.08. The number of anilines is 1. The van der Waals surface area contributed by atoms with Crippen molar-refractivity contribution >= 4 is 33.1 Å². The van der Waals surface area contributed by atoms with E-state index in [4.69, 9.17) is 16.3 Å². The van der Waals surface area contributed by atoms with E-state index in [0.29, 0.717) is 10.6 Å². The first-order chi connectivity index (χ1) is 11.8. The molecule has 25 heavy (non-hydrogen) atoms. The Bertz CT molecular complexity index is 863. The number of carbonyl (C=O) groups is 1. The van der Waals surface area contributed by atoms with Gasteiger partial charge in [-0.15, -0.1) is 0 Å². The molecule has 1 aliphatic rings. The van der Waals surface area contributed by atoms with Gasteiger partial charge in [0, 0.05) is 10.7 Å². The second kappa shape index (κ2) is 7.06. The Labute approximate surface area is 151 Å². The van der Waals surface area contributed by atoms with Crippen LogP contribution in [0.25, 0.3) is 0 Å². The fraction of sp³-hybridized carbons (Fsp3) is 0.278. The molecule has 0 radical (unpaired) electrons. The van der Waals surface area contributed by atoms with Gasteiger partial charge in [0.1, 0.15) is 6.10 Å². The molecule has 1 N–H and O–H groups in total. The zero-order valence-corrected chi connectivity index (χ0v) is 15.2. The summed E-state index contributed by atoms with van der Waals surface area (Å²) >= 11 is 5.81. The number of aryl methyl sites for hydroxylation is 1. The molecule has 0 aromatic heterocycles. The molecule has 0 aliphatic carbocycles. The summed E-state index contributed by atoms with van der Waals surface area (Å²) in [4.78, 5) is 12.3. The Hall–Kier alpha value is -2.05. The summed E-state index contributed by atoms with van der Waals surface area (Å²) in [6.07, 6.45) is -0.741. The fourth-order valence-electron chi connectivity index (χ4n) is 2.72. The highest BCUT2D eigenvalue weighted by Gasteiger charge is 2.40. The molecule has 2 aromatic rings. The maximum atomic E-state index is 12.3. The summed E-state index contributed by atoms with van der Waals surface area (Å²) in [5.41, 5.74) is 2.23. The molecule has 132 valence electrons. The first-order valence-electron chi connectivity index (χ1n) is 7.82. The van der Waals surface area contributed by atoms with Crippen molar-refractivity contribution in [1.82, 2.24) is 0 Å². The van der Waals surface area contributed by atoms with Crippen molar-refractivity contribution < 1.29 is 17.9 Å². The number of benzene rings is 2. The number of nitrogens with one attached hydrogen (secondary N) is 1. The van der Waals surface area contributed by atoms with Gasteiger partial charge >= 0.3 is 5.97 Å². The quantitative estimate of drug-likeness (QED) is 0.826. The molecule has 2 atom stereocenters. The lowest BCUT2D eigenvalue weighted by molar-refractivity contribution is 0.0337. The number of ether oxygens (including phenoxy) is 1. The number of hydrogen-bond donors (Lipinski definition) is 1. The third-order valence-electron chi connectivity index (χ3n) is 4.04. The zero-order chi connectivity index (χ0) is 18.0. The maximum absolute atomic E-state index is 12.3. The normalized spacial score (nSPS) is 21.7. The number of esters is 1. The first-order valence-corrected chi connectivity index (χ1v) is 10.0. The van der Waals surface area contributed by atoms with E-state index in [-0.39, 0.29) is 11.5 Å². The largest absolute Gasteiger partial charge is 0.455 e. The van der Waals surface area contributed by atoms with E-state index in [2.05, 4.69) is 5.32 Å². The molecule has 0 bridgehead atoms. The summed E-state index contributed by atoms with van der Waals surface area (Å²) < 4.78 is 29.5. The van der Waals surface area contributed by atoms with Crippen LogP contribution in [0.15, 0.2) is 48.5 Å². The highest BCUT2D eigenvalue weighted by atomic mass is 35.5. The molecule has 0 saturated carbocycles. The van der Waals surface area contributed by atoms with E-state index in [1.807, 2.05) is 31.2 Å². The van der Waals surface area contributed by atoms with Crippen LogP contribution in [0.4, 0.5) is 5.69 Å². The van der Waals surface area contributed by atoms with Gasteiger partial charge in [0.05, 0.1) is 23.1 Å². The second-order valence-corrected chi connectivity index (χ2v) is 8.73. The molecule has 1 aliphatic heterocycles. The average molecular weight is 380 g/mol. The highest BCUT2D eigenvalue weighted by Crippen LogP contribution is 2.22. The third-order valence-corrected chi connectivity index (χ3v) is 6.00. The van der Waals surface area contributed by atoms with Crippen molar-refractivity contribution in [2.75, 3.05) is 16.8 Å². The molecule has 3 rings (SSSR count). The average Bonchev–Trinajstić information content (AvgIpc) is 2.83. The summed E-state index contributed by atoms with van der Waals surface area (Å²) in [6.45, 7) is 1.97. The topological polar surface area (TPSA) is 72.5 Å². The van der Waals surface area contributed by atoms with Gasteiger partial charge in [0.25, 0.3) is 0 Å². The fourth-order valence-corrected chi connectivity index (χ4v) is 4.63. The van der Waals surface area contributed by atoms with Crippen LogP contribution in [-0.2, 0) is 14.6 Å². The maximum Gasteiger partial charge on any atom is 0.338 e. The minimum absolute atomic E-state index is 0.0700. The lowest BCUT2D eigenvalue weighted by atomic mass is 10.1. The molecule has 7 heteroatoms. The molecule has 5 nitrogen and oxygen atoms in total. The van der Waals surface area contributed by atoms with Crippen molar-refractivity contribution in [1.29, 1.82) is 0 Å². The van der Waals surface area contributed by atoms with Gasteiger partial charge in [0.2, 0.25) is 0 Å². The molecule has 0 spiro atoms. The van der Waals surface area contributed by atoms with E-state index in [1.165, 1.54) is 0 Å². The summed E-state index contributed by atoms with van der Waals surface area (Å²) in [5.74, 6) is -0.815. The van der Waals surface area contributed by atoms with Gasteiger partial charge in [-0.05, 0) is 43.3 Å². The van der Waals surface area contributed by atoms with Crippen LogP contribution < -0.4 is 5.32 Å². The van der Waals surface area contributed by atoms with Crippen molar-refractivity contribution in [2.45, 2.75) is 19.1 Å². The Morgan fingerprint density at radius 3 is 2.36 bits per heavy atom. The molecule has 2 aromatic carbocycles. The molecular formula is C18H18ClNO4S.